The standard InChI is InChI=1S/C9H20N2O/c1-4-7-9(10-12)8-11(5-2)6-3/h12H,4-8H2,1-3H3. The lowest BCUT2D eigenvalue weighted by atomic mass is 10.2. The second-order valence-corrected chi connectivity index (χ2v) is 2.88. The van der Waals surface area contributed by atoms with Crippen molar-refractivity contribution in [3.05, 3.63) is 0 Å². The molecule has 0 saturated carbocycles. The van der Waals surface area contributed by atoms with Gasteiger partial charge in [-0.25, -0.2) is 0 Å². The third kappa shape index (κ3) is 4.34. The van der Waals surface area contributed by atoms with E-state index in [9.17, 15) is 0 Å². The third-order valence-corrected chi connectivity index (χ3v) is 1.98. The maximum atomic E-state index is 8.66. The Kier molecular flexibility index (Phi) is 6.76. The van der Waals surface area contributed by atoms with Crippen LogP contribution in [0.5, 0.6) is 0 Å². The van der Waals surface area contributed by atoms with Crippen molar-refractivity contribution in [2.75, 3.05) is 19.6 Å². The second kappa shape index (κ2) is 7.10. The summed E-state index contributed by atoms with van der Waals surface area (Å²) >= 11 is 0. The van der Waals surface area contributed by atoms with E-state index < -0.39 is 0 Å². The van der Waals surface area contributed by atoms with Gasteiger partial charge in [0.15, 0.2) is 0 Å². The molecule has 0 rings (SSSR count). The third-order valence-electron chi connectivity index (χ3n) is 1.98. The van der Waals surface area contributed by atoms with Crippen LogP contribution in [0.2, 0.25) is 0 Å². The van der Waals surface area contributed by atoms with Crippen molar-refractivity contribution in [3.8, 4) is 0 Å². The molecule has 0 aliphatic carbocycles. The minimum atomic E-state index is 0.803. The molecule has 0 amide bonds. The van der Waals surface area contributed by atoms with Crippen LogP contribution < -0.4 is 0 Å². The fraction of sp³-hybridized carbons (Fsp3) is 0.889. The number of rotatable bonds is 6. The highest BCUT2D eigenvalue weighted by Crippen LogP contribution is 1.96. The molecule has 3 nitrogen and oxygen atoms in total. The molecule has 0 aliphatic heterocycles. The predicted molar refractivity (Wildman–Crippen MR) is 51.9 cm³/mol. The number of nitrogens with zero attached hydrogens (tertiary/aromatic N) is 2. The van der Waals surface area contributed by atoms with Crippen molar-refractivity contribution in [2.24, 2.45) is 5.16 Å². The van der Waals surface area contributed by atoms with E-state index in [1.165, 1.54) is 0 Å². The SMILES string of the molecule is CCCC(CN(CC)CC)=NO. The van der Waals surface area contributed by atoms with Crippen molar-refractivity contribution in [1.82, 2.24) is 4.90 Å². The van der Waals surface area contributed by atoms with Crippen LogP contribution >= 0.6 is 0 Å². The maximum Gasteiger partial charge on any atom is 0.0710 e. The van der Waals surface area contributed by atoms with E-state index in [0.717, 1.165) is 38.2 Å². The average Bonchev–Trinajstić information content (AvgIpc) is 2.12. The Morgan fingerprint density at radius 1 is 1.25 bits per heavy atom. The highest BCUT2D eigenvalue weighted by Gasteiger charge is 2.04. The van der Waals surface area contributed by atoms with E-state index in [4.69, 9.17) is 5.21 Å². The molecule has 0 radical (unpaired) electrons. The van der Waals surface area contributed by atoms with E-state index in [2.05, 4.69) is 30.8 Å². The van der Waals surface area contributed by atoms with Crippen LogP contribution in [0.4, 0.5) is 0 Å². The Bertz CT molecular complexity index is 130. The van der Waals surface area contributed by atoms with Crippen LogP contribution in [0.15, 0.2) is 5.16 Å². The van der Waals surface area contributed by atoms with Gasteiger partial charge in [-0.3, -0.25) is 4.90 Å². The number of oxime groups is 1. The lowest BCUT2D eigenvalue weighted by molar-refractivity contribution is 0.302. The molecule has 12 heavy (non-hydrogen) atoms. The zero-order valence-electron chi connectivity index (χ0n) is 8.38. The summed E-state index contributed by atoms with van der Waals surface area (Å²) in [5.41, 5.74) is 0.890. The van der Waals surface area contributed by atoms with Crippen LogP contribution in [-0.2, 0) is 0 Å². The van der Waals surface area contributed by atoms with E-state index >= 15 is 0 Å². The minimum absolute atomic E-state index is 0.803. The van der Waals surface area contributed by atoms with Gasteiger partial charge in [0.1, 0.15) is 0 Å². The zero-order valence-corrected chi connectivity index (χ0v) is 8.38. The van der Waals surface area contributed by atoms with E-state index in [1.807, 2.05) is 0 Å². The molecule has 3 heteroatoms. The van der Waals surface area contributed by atoms with Gasteiger partial charge in [-0.05, 0) is 19.5 Å². The van der Waals surface area contributed by atoms with Crippen LogP contribution in [0.25, 0.3) is 0 Å². The average molecular weight is 172 g/mol. The molecule has 0 atom stereocenters. The van der Waals surface area contributed by atoms with Gasteiger partial charge in [0.2, 0.25) is 0 Å². The van der Waals surface area contributed by atoms with Gasteiger partial charge in [-0.2, -0.15) is 0 Å². The lowest BCUT2D eigenvalue weighted by Gasteiger charge is -2.17. The zero-order chi connectivity index (χ0) is 9.40. The predicted octanol–water partition coefficient (Wildman–Crippen LogP) is 1.96. The lowest BCUT2D eigenvalue weighted by Crippen LogP contribution is -2.29. The first kappa shape index (κ1) is 11.4. The first-order chi connectivity index (χ1) is 5.78. The van der Waals surface area contributed by atoms with Crippen molar-refractivity contribution in [1.29, 1.82) is 0 Å². The molecule has 0 unspecified atom stereocenters. The van der Waals surface area contributed by atoms with Gasteiger partial charge in [0.05, 0.1) is 5.71 Å². The van der Waals surface area contributed by atoms with Crippen LogP contribution in [0, 0.1) is 0 Å². The van der Waals surface area contributed by atoms with Gasteiger partial charge in [-0.15, -0.1) is 0 Å². The van der Waals surface area contributed by atoms with E-state index in [-0.39, 0.29) is 0 Å². The summed E-state index contributed by atoms with van der Waals surface area (Å²) in [6.07, 6.45) is 1.94. The van der Waals surface area contributed by atoms with Gasteiger partial charge in [-0.1, -0.05) is 32.3 Å². The van der Waals surface area contributed by atoms with Crippen LogP contribution in [0.1, 0.15) is 33.6 Å². The highest BCUT2D eigenvalue weighted by atomic mass is 16.4. The molecule has 0 saturated heterocycles. The Morgan fingerprint density at radius 2 is 1.83 bits per heavy atom. The highest BCUT2D eigenvalue weighted by molar-refractivity contribution is 5.85. The molecule has 0 aromatic carbocycles. The van der Waals surface area contributed by atoms with Gasteiger partial charge < -0.3 is 5.21 Å². The van der Waals surface area contributed by atoms with E-state index in [0.29, 0.717) is 0 Å². The summed E-state index contributed by atoms with van der Waals surface area (Å²) in [7, 11) is 0. The summed E-state index contributed by atoms with van der Waals surface area (Å²) in [4.78, 5) is 2.24. The number of hydrogen-bond donors (Lipinski definition) is 1. The number of hydrogen-bond acceptors (Lipinski definition) is 3. The fourth-order valence-electron chi connectivity index (χ4n) is 1.15. The van der Waals surface area contributed by atoms with E-state index in [1.54, 1.807) is 0 Å². The molecule has 0 heterocycles. The van der Waals surface area contributed by atoms with Crippen molar-refractivity contribution < 1.29 is 5.21 Å². The largest absolute Gasteiger partial charge is 0.411 e. The summed E-state index contributed by atoms with van der Waals surface area (Å²) in [5.74, 6) is 0. The fourth-order valence-corrected chi connectivity index (χ4v) is 1.15. The normalized spacial score (nSPS) is 12.5. The van der Waals surface area contributed by atoms with Crippen LogP contribution in [0.3, 0.4) is 0 Å². The van der Waals surface area contributed by atoms with Gasteiger partial charge in [0.25, 0.3) is 0 Å². The first-order valence-corrected chi connectivity index (χ1v) is 4.70. The summed E-state index contributed by atoms with van der Waals surface area (Å²) in [5, 5.41) is 11.9. The molecular weight excluding hydrogens is 152 g/mol. The monoisotopic (exact) mass is 172 g/mol. The molecule has 0 bridgehead atoms. The smallest absolute Gasteiger partial charge is 0.0710 e. The van der Waals surface area contributed by atoms with Crippen molar-refractivity contribution >= 4 is 5.71 Å². The summed E-state index contributed by atoms with van der Waals surface area (Å²) in [6.45, 7) is 9.15. The Labute approximate surface area is 75.1 Å². The maximum absolute atomic E-state index is 8.66. The molecule has 0 aromatic rings. The Morgan fingerprint density at radius 3 is 2.17 bits per heavy atom. The van der Waals surface area contributed by atoms with Crippen molar-refractivity contribution in [2.45, 2.75) is 33.6 Å². The van der Waals surface area contributed by atoms with Crippen molar-refractivity contribution in [3.63, 3.8) is 0 Å². The molecule has 0 aliphatic rings. The second-order valence-electron chi connectivity index (χ2n) is 2.88. The van der Waals surface area contributed by atoms with Crippen LogP contribution in [-0.4, -0.2) is 35.5 Å². The molecule has 72 valence electrons. The topological polar surface area (TPSA) is 35.8 Å². The summed E-state index contributed by atoms with van der Waals surface area (Å²) < 4.78 is 0. The summed E-state index contributed by atoms with van der Waals surface area (Å²) in [6, 6.07) is 0. The van der Waals surface area contributed by atoms with Gasteiger partial charge in [0, 0.05) is 6.54 Å². The minimum Gasteiger partial charge on any atom is -0.411 e. The Balaban J connectivity index is 3.83. The first-order valence-electron chi connectivity index (χ1n) is 4.70. The molecule has 0 spiro atoms. The quantitative estimate of drug-likeness (QED) is 0.377. The molecule has 0 fully saturated rings. The molecular formula is C9H20N2O. The molecule has 1 N–H and O–H groups in total. The Hall–Kier alpha value is -0.570. The van der Waals surface area contributed by atoms with Gasteiger partial charge >= 0.3 is 0 Å². The molecule has 0 aromatic heterocycles.